The number of hydrogen-bond acceptors (Lipinski definition) is 6. The zero-order chi connectivity index (χ0) is 22.0. The molecule has 4 aromatic rings. The van der Waals surface area contributed by atoms with Crippen LogP contribution < -0.4 is 19.6 Å². The minimum Gasteiger partial charge on any atom is -0.493 e. The monoisotopic (exact) mass is 416 g/mol. The van der Waals surface area contributed by atoms with Crippen molar-refractivity contribution >= 4 is 16.9 Å². The third-order valence-corrected chi connectivity index (χ3v) is 4.90. The van der Waals surface area contributed by atoms with Crippen LogP contribution in [0.1, 0.15) is 15.9 Å². The first-order valence-electron chi connectivity index (χ1n) is 9.57. The molecule has 31 heavy (non-hydrogen) atoms. The van der Waals surface area contributed by atoms with E-state index in [1.165, 1.54) is 19.4 Å². The van der Waals surface area contributed by atoms with E-state index in [4.69, 9.17) is 18.6 Å². The lowest BCUT2D eigenvalue weighted by Crippen LogP contribution is -2.09. The molecule has 3 aromatic carbocycles. The molecule has 0 spiro atoms. The lowest BCUT2D eigenvalue weighted by atomic mass is 10.0. The van der Waals surface area contributed by atoms with E-state index >= 15 is 0 Å². The van der Waals surface area contributed by atoms with Crippen LogP contribution in [0.15, 0.2) is 76.1 Å². The fraction of sp³-hybridized carbons (Fsp3) is 0.120. The van der Waals surface area contributed by atoms with E-state index in [9.17, 15) is 9.59 Å². The second-order valence-corrected chi connectivity index (χ2v) is 6.97. The maximum atomic E-state index is 13.0. The number of ether oxygens (including phenoxy) is 3. The fourth-order valence-corrected chi connectivity index (χ4v) is 3.31. The van der Waals surface area contributed by atoms with Crippen molar-refractivity contribution in [2.75, 3.05) is 14.2 Å². The number of esters is 1. The molecule has 6 nitrogen and oxygen atoms in total. The Hall–Kier alpha value is -4.06. The van der Waals surface area contributed by atoms with Crippen molar-refractivity contribution in [1.82, 2.24) is 0 Å². The van der Waals surface area contributed by atoms with Gasteiger partial charge in [0.05, 0.1) is 30.7 Å². The third-order valence-electron chi connectivity index (χ3n) is 4.90. The smallest absolute Gasteiger partial charge is 0.343 e. The molecule has 0 saturated heterocycles. The Morgan fingerprint density at radius 2 is 1.71 bits per heavy atom. The van der Waals surface area contributed by atoms with Gasteiger partial charge in [-0.25, -0.2) is 4.79 Å². The molecule has 0 amide bonds. The van der Waals surface area contributed by atoms with Crippen molar-refractivity contribution in [3.63, 3.8) is 0 Å². The first-order chi connectivity index (χ1) is 15.0. The van der Waals surface area contributed by atoms with Crippen LogP contribution in [0.3, 0.4) is 0 Å². The first kappa shape index (κ1) is 20.2. The third kappa shape index (κ3) is 4.00. The predicted octanol–water partition coefficient (Wildman–Crippen LogP) is 5.00. The van der Waals surface area contributed by atoms with Gasteiger partial charge in [0.1, 0.15) is 17.6 Å². The van der Waals surface area contributed by atoms with E-state index in [1.807, 2.05) is 13.0 Å². The lowest BCUT2D eigenvalue weighted by molar-refractivity contribution is 0.0735. The Balaban J connectivity index is 1.67. The summed E-state index contributed by atoms with van der Waals surface area (Å²) in [5.74, 6) is 0.891. The van der Waals surface area contributed by atoms with E-state index in [1.54, 1.807) is 55.6 Å². The zero-order valence-electron chi connectivity index (χ0n) is 17.3. The summed E-state index contributed by atoms with van der Waals surface area (Å²) in [4.78, 5) is 25.4. The van der Waals surface area contributed by atoms with Gasteiger partial charge in [-0.2, -0.15) is 0 Å². The summed E-state index contributed by atoms with van der Waals surface area (Å²) in [6.07, 6.45) is 1.39. The molecule has 6 heteroatoms. The van der Waals surface area contributed by atoms with Crippen LogP contribution >= 0.6 is 0 Å². The van der Waals surface area contributed by atoms with Gasteiger partial charge in [0, 0.05) is 6.07 Å². The van der Waals surface area contributed by atoms with Gasteiger partial charge in [-0.1, -0.05) is 23.8 Å². The molecule has 0 aliphatic carbocycles. The first-order valence-corrected chi connectivity index (χ1v) is 9.57. The SMILES string of the molecule is COc1ccc(-c2coc3cc(OC(=O)c4cccc(C)c4)ccc3c2=O)cc1OC. The molecule has 156 valence electrons. The molecule has 0 unspecified atom stereocenters. The normalized spacial score (nSPS) is 10.7. The Kier molecular flexibility index (Phi) is 5.45. The number of carbonyl (C=O) groups excluding carboxylic acids is 1. The Labute approximate surface area is 178 Å². The van der Waals surface area contributed by atoms with E-state index in [-0.39, 0.29) is 5.43 Å². The van der Waals surface area contributed by atoms with Crippen molar-refractivity contribution in [1.29, 1.82) is 0 Å². The molecule has 1 heterocycles. The van der Waals surface area contributed by atoms with Gasteiger partial charge < -0.3 is 18.6 Å². The molecular formula is C25H20O6. The average Bonchev–Trinajstić information content (AvgIpc) is 2.79. The van der Waals surface area contributed by atoms with Gasteiger partial charge in [0.25, 0.3) is 0 Å². The molecule has 0 fully saturated rings. The number of methoxy groups -OCH3 is 2. The summed E-state index contributed by atoms with van der Waals surface area (Å²) in [7, 11) is 3.08. The van der Waals surface area contributed by atoms with Crippen molar-refractivity contribution < 1.29 is 23.4 Å². The Bertz CT molecular complexity index is 1340. The highest BCUT2D eigenvalue weighted by atomic mass is 16.5. The van der Waals surface area contributed by atoms with Crippen LogP contribution in [0.2, 0.25) is 0 Å². The van der Waals surface area contributed by atoms with Gasteiger partial charge in [-0.05, 0) is 48.9 Å². The maximum Gasteiger partial charge on any atom is 0.343 e. The molecule has 0 aliphatic rings. The molecule has 0 N–H and O–H groups in total. The van der Waals surface area contributed by atoms with Gasteiger partial charge in [0.2, 0.25) is 0 Å². The summed E-state index contributed by atoms with van der Waals surface area (Å²) in [5.41, 5.74) is 2.56. The van der Waals surface area contributed by atoms with E-state index < -0.39 is 5.97 Å². The molecule has 0 aliphatic heterocycles. The summed E-state index contributed by atoms with van der Waals surface area (Å²) < 4.78 is 21.7. The number of aryl methyl sites for hydroxylation is 1. The van der Waals surface area contributed by atoms with Crippen LogP contribution in [-0.2, 0) is 0 Å². The van der Waals surface area contributed by atoms with Crippen molar-refractivity contribution in [3.8, 4) is 28.4 Å². The largest absolute Gasteiger partial charge is 0.493 e. The van der Waals surface area contributed by atoms with Crippen LogP contribution in [0, 0.1) is 6.92 Å². The highest BCUT2D eigenvalue weighted by Crippen LogP contribution is 2.32. The highest BCUT2D eigenvalue weighted by molar-refractivity contribution is 5.92. The molecule has 0 radical (unpaired) electrons. The van der Waals surface area contributed by atoms with Crippen LogP contribution in [0.25, 0.3) is 22.1 Å². The molecular weight excluding hydrogens is 396 g/mol. The minimum absolute atomic E-state index is 0.204. The summed E-state index contributed by atoms with van der Waals surface area (Å²) in [5, 5.41) is 0.377. The number of carbonyl (C=O) groups is 1. The summed E-state index contributed by atoms with van der Waals surface area (Å²) in [6, 6.07) is 17.0. The van der Waals surface area contributed by atoms with Gasteiger partial charge in [-0.3, -0.25) is 4.79 Å². The Morgan fingerprint density at radius 3 is 2.45 bits per heavy atom. The van der Waals surface area contributed by atoms with E-state index in [0.29, 0.717) is 44.9 Å². The number of fused-ring (bicyclic) bond motifs is 1. The second-order valence-electron chi connectivity index (χ2n) is 6.97. The summed E-state index contributed by atoms with van der Waals surface area (Å²) in [6.45, 7) is 1.90. The summed E-state index contributed by atoms with van der Waals surface area (Å²) >= 11 is 0. The van der Waals surface area contributed by atoms with Crippen LogP contribution in [-0.4, -0.2) is 20.2 Å². The molecule has 0 saturated carbocycles. The van der Waals surface area contributed by atoms with Gasteiger partial charge in [0.15, 0.2) is 16.9 Å². The standard InChI is InChI=1S/C25H20O6/c1-15-5-4-6-17(11-15)25(27)31-18-8-9-19-22(13-18)30-14-20(24(19)26)16-7-10-21(28-2)23(12-16)29-3/h4-14H,1-3H3. The average molecular weight is 416 g/mol. The van der Waals surface area contributed by atoms with E-state index in [2.05, 4.69) is 0 Å². The molecule has 0 bridgehead atoms. The second kappa shape index (κ2) is 8.36. The van der Waals surface area contributed by atoms with Crippen molar-refractivity contribution in [3.05, 3.63) is 88.3 Å². The van der Waals surface area contributed by atoms with Gasteiger partial charge in [-0.15, -0.1) is 0 Å². The minimum atomic E-state index is -0.479. The lowest BCUT2D eigenvalue weighted by Gasteiger charge is -2.10. The van der Waals surface area contributed by atoms with Crippen LogP contribution in [0.4, 0.5) is 0 Å². The topological polar surface area (TPSA) is 75.0 Å². The fourth-order valence-electron chi connectivity index (χ4n) is 3.31. The number of hydrogen-bond donors (Lipinski definition) is 0. The molecule has 1 aromatic heterocycles. The maximum absolute atomic E-state index is 13.0. The molecule has 0 atom stereocenters. The van der Waals surface area contributed by atoms with Crippen LogP contribution in [0.5, 0.6) is 17.2 Å². The number of rotatable bonds is 5. The van der Waals surface area contributed by atoms with E-state index in [0.717, 1.165) is 5.56 Å². The number of benzene rings is 3. The quantitative estimate of drug-likeness (QED) is 0.336. The molecule has 4 rings (SSSR count). The van der Waals surface area contributed by atoms with Crippen molar-refractivity contribution in [2.45, 2.75) is 6.92 Å². The zero-order valence-corrected chi connectivity index (χ0v) is 17.3. The van der Waals surface area contributed by atoms with Gasteiger partial charge >= 0.3 is 5.97 Å². The Morgan fingerprint density at radius 1 is 0.903 bits per heavy atom. The highest BCUT2D eigenvalue weighted by Gasteiger charge is 2.14. The van der Waals surface area contributed by atoms with Crippen molar-refractivity contribution in [2.24, 2.45) is 0 Å². The predicted molar refractivity (Wildman–Crippen MR) is 117 cm³/mol.